The van der Waals surface area contributed by atoms with E-state index in [1.807, 2.05) is 0 Å². The molecule has 170 valence electrons. The predicted octanol–water partition coefficient (Wildman–Crippen LogP) is 4.91. The van der Waals surface area contributed by atoms with Crippen LogP contribution in [0, 0.1) is 0 Å². The average molecular weight is 475 g/mol. The summed E-state index contributed by atoms with van der Waals surface area (Å²) in [6.07, 6.45) is -4.79. The lowest BCUT2D eigenvalue weighted by molar-refractivity contribution is -0.143. The summed E-state index contributed by atoms with van der Waals surface area (Å²) < 4.78 is 107. The number of hydrogen-bond donors (Lipinski definition) is 0. The van der Waals surface area contributed by atoms with Crippen molar-refractivity contribution in [1.29, 1.82) is 0 Å². The van der Waals surface area contributed by atoms with Gasteiger partial charge in [-0.2, -0.15) is 30.6 Å². The van der Waals surface area contributed by atoms with Crippen LogP contribution in [-0.2, 0) is 35.5 Å². The van der Waals surface area contributed by atoms with Gasteiger partial charge in [0.05, 0.1) is 16.0 Å². The average Bonchev–Trinajstić information content (AvgIpc) is 2.73. The normalized spacial score (nSPS) is 12.8. The Bertz CT molecular complexity index is 1090. The Hall–Kier alpha value is -2.99. The van der Waals surface area contributed by atoms with Crippen LogP contribution in [0.2, 0.25) is 0 Å². The van der Waals surface area contributed by atoms with Crippen LogP contribution in [-0.4, -0.2) is 22.7 Å². The van der Waals surface area contributed by atoms with Gasteiger partial charge in [0.1, 0.15) is 0 Å². The maximum atomic E-state index is 13.2. The van der Waals surface area contributed by atoms with Crippen LogP contribution >= 0.6 is 0 Å². The van der Waals surface area contributed by atoms with Crippen LogP contribution in [0.1, 0.15) is 22.3 Å². The molecule has 0 N–H and O–H groups in total. The van der Waals surface area contributed by atoms with Crippen LogP contribution in [0.25, 0.3) is 0 Å². The topological polar surface area (TPSA) is 63.2 Å². The van der Waals surface area contributed by atoms with E-state index >= 15 is 0 Å². The standard InChI is InChI=1S/C20H15F6N3O2S/c21-19(22,23)16-7-17(20(24,25)26)9-18(8-16)32(30,31)29(12-14-3-1-5-27-10-14)13-15-4-2-6-28-11-15/h1-11H,12-13H2. The first-order chi connectivity index (χ1) is 14.9. The predicted molar refractivity (Wildman–Crippen MR) is 101 cm³/mol. The zero-order valence-electron chi connectivity index (χ0n) is 16.1. The lowest BCUT2D eigenvalue weighted by Crippen LogP contribution is -2.31. The minimum atomic E-state index is -5.18. The Morgan fingerprint density at radius 2 is 1.19 bits per heavy atom. The van der Waals surface area contributed by atoms with Crippen molar-refractivity contribution in [1.82, 2.24) is 14.3 Å². The van der Waals surface area contributed by atoms with Crippen LogP contribution in [0.5, 0.6) is 0 Å². The second-order valence-electron chi connectivity index (χ2n) is 6.74. The van der Waals surface area contributed by atoms with E-state index in [0.717, 1.165) is 4.31 Å². The molecule has 12 heteroatoms. The van der Waals surface area contributed by atoms with Crippen LogP contribution < -0.4 is 0 Å². The van der Waals surface area contributed by atoms with Crippen molar-refractivity contribution in [3.63, 3.8) is 0 Å². The van der Waals surface area contributed by atoms with E-state index < -0.39 is 38.4 Å². The SMILES string of the molecule is O=S(=O)(c1cc(C(F)(F)F)cc(C(F)(F)F)c1)N(Cc1cccnc1)Cc1cccnc1. The smallest absolute Gasteiger partial charge is 0.264 e. The molecule has 0 aliphatic rings. The lowest BCUT2D eigenvalue weighted by Gasteiger charge is -2.23. The highest BCUT2D eigenvalue weighted by atomic mass is 32.2. The summed E-state index contributed by atoms with van der Waals surface area (Å²) in [5.74, 6) is 0. The van der Waals surface area contributed by atoms with Gasteiger partial charge in [0.2, 0.25) is 10.0 Å². The van der Waals surface area contributed by atoms with Crippen molar-refractivity contribution in [3.05, 3.63) is 89.5 Å². The third kappa shape index (κ3) is 5.62. The zero-order valence-corrected chi connectivity index (χ0v) is 16.9. The van der Waals surface area contributed by atoms with Crippen molar-refractivity contribution in [2.24, 2.45) is 0 Å². The molecule has 5 nitrogen and oxygen atoms in total. The Morgan fingerprint density at radius 1 is 0.750 bits per heavy atom. The number of benzene rings is 1. The molecule has 0 bridgehead atoms. The fraction of sp³-hybridized carbons (Fsp3) is 0.200. The summed E-state index contributed by atoms with van der Waals surface area (Å²) in [5.41, 5.74) is -2.65. The van der Waals surface area contributed by atoms with E-state index in [9.17, 15) is 34.8 Å². The number of pyridine rings is 2. The summed E-state index contributed by atoms with van der Waals surface area (Å²) in [5, 5.41) is 0. The molecule has 0 aliphatic carbocycles. The molecule has 1 aromatic carbocycles. The number of alkyl halides is 6. The molecule has 2 heterocycles. The molecule has 0 saturated heterocycles. The number of halogens is 6. The third-order valence-electron chi connectivity index (χ3n) is 4.36. The molecular weight excluding hydrogens is 460 g/mol. The number of sulfonamides is 1. The van der Waals surface area contributed by atoms with Gasteiger partial charge < -0.3 is 0 Å². The van der Waals surface area contributed by atoms with E-state index in [1.54, 1.807) is 0 Å². The van der Waals surface area contributed by atoms with Gasteiger partial charge in [-0.05, 0) is 41.5 Å². The summed E-state index contributed by atoms with van der Waals surface area (Å²) in [4.78, 5) is 6.60. The fourth-order valence-corrected chi connectivity index (χ4v) is 4.33. The van der Waals surface area contributed by atoms with Gasteiger partial charge in [0.15, 0.2) is 0 Å². The first kappa shape index (κ1) is 23.7. The Morgan fingerprint density at radius 3 is 1.53 bits per heavy atom. The zero-order chi connectivity index (χ0) is 23.6. The van der Waals surface area contributed by atoms with E-state index in [4.69, 9.17) is 0 Å². The van der Waals surface area contributed by atoms with Crippen molar-refractivity contribution < 1.29 is 34.8 Å². The van der Waals surface area contributed by atoms with Crippen LogP contribution in [0.15, 0.2) is 72.1 Å². The maximum absolute atomic E-state index is 13.2. The minimum Gasteiger partial charge on any atom is -0.264 e. The third-order valence-corrected chi connectivity index (χ3v) is 6.13. The van der Waals surface area contributed by atoms with E-state index in [0.29, 0.717) is 11.1 Å². The highest BCUT2D eigenvalue weighted by Gasteiger charge is 2.39. The van der Waals surface area contributed by atoms with Gasteiger partial charge in [0, 0.05) is 37.9 Å². The highest BCUT2D eigenvalue weighted by Crippen LogP contribution is 2.38. The van der Waals surface area contributed by atoms with Crippen molar-refractivity contribution in [2.45, 2.75) is 30.3 Å². The molecule has 0 radical (unpaired) electrons. The number of nitrogens with zero attached hydrogens (tertiary/aromatic N) is 3. The highest BCUT2D eigenvalue weighted by molar-refractivity contribution is 7.89. The number of aromatic nitrogens is 2. The molecule has 3 rings (SSSR count). The first-order valence-corrected chi connectivity index (χ1v) is 10.4. The number of hydrogen-bond acceptors (Lipinski definition) is 4. The van der Waals surface area contributed by atoms with E-state index in [-0.39, 0.29) is 31.3 Å². The summed E-state index contributed by atoms with van der Waals surface area (Å²) in [6, 6.07) is 6.39. The molecule has 0 saturated carbocycles. The monoisotopic (exact) mass is 475 g/mol. The van der Waals surface area contributed by atoms with Gasteiger partial charge in [-0.25, -0.2) is 8.42 Å². The molecule has 0 amide bonds. The number of rotatable bonds is 6. The van der Waals surface area contributed by atoms with Gasteiger partial charge in [-0.1, -0.05) is 12.1 Å². The summed E-state index contributed by atoms with van der Waals surface area (Å²) in [6.45, 7) is -0.661. The summed E-state index contributed by atoms with van der Waals surface area (Å²) >= 11 is 0. The van der Waals surface area contributed by atoms with Gasteiger partial charge >= 0.3 is 12.4 Å². The molecule has 0 fully saturated rings. The quantitative estimate of drug-likeness (QED) is 0.476. The fourth-order valence-electron chi connectivity index (χ4n) is 2.84. The van der Waals surface area contributed by atoms with E-state index in [1.165, 1.54) is 49.1 Å². The Balaban J connectivity index is 2.13. The molecule has 0 aliphatic heterocycles. The van der Waals surface area contributed by atoms with Crippen molar-refractivity contribution >= 4 is 10.0 Å². The summed E-state index contributed by atoms with van der Waals surface area (Å²) in [7, 11) is -4.79. The second kappa shape index (κ2) is 8.87. The molecule has 2 aromatic heterocycles. The van der Waals surface area contributed by atoms with E-state index in [2.05, 4.69) is 9.97 Å². The van der Waals surface area contributed by atoms with Crippen LogP contribution in [0.3, 0.4) is 0 Å². The molecule has 0 unspecified atom stereocenters. The second-order valence-corrected chi connectivity index (χ2v) is 8.68. The Labute approximate surface area is 179 Å². The maximum Gasteiger partial charge on any atom is 0.416 e. The van der Waals surface area contributed by atoms with Crippen LogP contribution in [0.4, 0.5) is 26.3 Å². The molecule has 3 aromatic rings. The minimum absolute atomic E-state index is 0.119. The molecular formula is C20H15F6N3O2S. The van der Waals surface area contributed by atoms with Gasteiger partial charge in [-0.15, -0.1) is 0 Å². The first-order valence-electron chi connectivity index (χ1n) is 8.95. The van der Waals surface area contributed by atoms with Gasteiger partial charge in [0.25, 0.3) is 0 Å². The van der Waals surface area contributed by atoms with Crippen molar-refractivity contribution in [3.8, 4) is 0 Å². The van der Waals surface area contributed by atoms with Gasteiger partial charge in [-0.3, -0.25) is 9.97 Å². The molecule has 0 atom stereocenters. The largest absolute Gasteiger partial charge is 0.416 e. The molecule has 0 spiro atoms. The lowest BCUT2D eigenvalue weighted by atomic mass is 10.1. The molecule has 32 heavy (non-hydrogen) atoms. The van der Waals surface area contributed by atoms with Crippen molar-refractivity contribution in [2.75, 3.05) is 0 Å². The Kier molecular flexibility index (Phi) is 6.56.